The Hall–Kier alpha value is -2.12. The second kappa shape index (κ2) is 7.41. The number of aromatic nitrogens is 3. The molecule has 3 rings (SSSR count). The second-order valence-corrected chi connectivity index (χ2v) is 7.82. The summed E-state index contributed by atoms with van der Waals surface area (Å²) in [4.78, 5) is 17.1. The molecule has 7 heteroatoms. The van der Waals surface area contributed by atoms with Gasteiger partial charge in [0.25, 0.3) is 5.91 Å². The van der Waals surface area contributed by atoms with Crippen LogP contribution >= 0.6 is 27.3 Å². The van der Waals surface area contributed by atoms with Crippen molar-refractivity contribution in [3.63, 3.8) is 0 Å². The first-order valence-corrected chi connectivity index (χ1v) is 9.43. The van der Waals surface area contributed by atoms with Gasteiger partial charge in [0.15, 0.2) is 0 Å². The Morgan fingerprint density at radius 2 is 2.00 bits per heavy atom. The van der Waals surface area contributed by atoms with Gasteiger partial charge in [0.1, 0.15) is 5.01 Å². The number of benzene rings is 1. The maximum Gasteiger partial charge on any atom is 0.259 e. The Kier molecular flexibility index (Phi) is 5.24. The summed E-state index contributed by atoms with van der Waals surface area (Å²) < 4.78 is 0.989. The number of halogens is 1. The molecule has 0 spiro atoms. The number of carbonyl (C=O) groups is 1. The molecular formula is C18H17BrN4OS. The van der Waals surface area contributed by atoms with Crippen molar-refractivity contribution in [3.05, 3.63) is 57.1 Å². The molecule has 5 nitrogen and oxygen atoms in total. The van der Waals surface area contributed by atoms with Crippen LogP contribution in [0.3, 0.4) is 0 Å². The van der Waals surface area contributed by atoms with Crippen molar-refractivity contribution in [2.24, 2.45) is 0 Å². The van der Waals surface area contributed by atoms with Gasteiger partial charge in [0.05, 0.1) is 17.0 Å². The number of aryl methyl sites for hydroxylation is 1. The average Bonchev–Trinajstić information content (AvgIpc) is 3.03. The third kappa shape index (κ3) is 4.11. The minimum absolute atomic E-state index is 0.225. The molecule has 1 N–H and O–H groups in total. The van der Waals surface area contributed by atoms with Crippen molar-refractivity contribution < 1.29 is 4.79 Å². The van der Waals surface area contributed by atoms with E-state index in [1.165, 1.54) is 11.3 Å². The molecular weight excluding hydrogens is 400 g/mol. The number of anilines is 1. The van der Waals surface area contributed by atoms with E-state index in [1.807, 2.05) is 51.1 Å². The van der Waals surface area contributed by atoms with E-state index >= 15 is 0 Å². The lowest BCUT2D eigenvalue weighted by atomic mass is 10.1. The second-order valence-electron chi connectivity index (χ2n) is 5.89. The summed E-state index contributed by atoms with van der Waals surface area (Å²) in [5.41, 5.74) is 3.02. The first-order valence-electron chi connectivity index (χ1n) is 7.82. The molecule has 1 aromatic carbocycles. The normalized spacial score (nSPS) is 10.9. The highest BCUT2D eigenvalue weighted by Crippen LogP contribution is 2.25. The Morgan fingerprint density at radius 1 is 1.20 bits per heavy atom. The largest absolute Gasteiger partial charge is 0.296 e. The smallest absolute Gasteiger partial charge is 0.259 e. The van der Waals surface area contributed by atoms with E-state index in [0.717, 1.165) is 20.7 Å². The van der Waals surface area contributed by atoms with Crippen LogP contribution in [0.2, 0.25) is 0 Å². The van der Waals surface area contributed by atoms with E-state index < -0.39 is 0 Å². The van der Waals surface area contributed by atoms with Gasteiger partial charge in [0.2, 0.25) is 5.13 Å². The predicted octanol–water partition coefficient (Wildman–Crippen LogP) is 5.05. The third-order valence-corrected chi connectivity index (χ3v) is 5.24. The maximum atomic E-state index is 12.5. The van der Waals surface area contributed by atoms with Gasteiger partial charge in [-0.25, -0.2) is 0 Å². The van der Waals surface area contributed by atoms with Crippen LogP contribution in [-0.2, 0) is 0 Å². The topological polar surface area (TPSA) is 67.8 Å². The van der Waals surface area contributed by atoms with Crippen LogP contribution in [0.4, 0.5) is 5.13 Å². The molecule has 0 radical (unpaired) electrons. The van der Waals surface area contributed by atoms with Crippen LogP contribution in [0.5, 0.6) is 0 Å². The lowest BCUT2D eigenvalue weighted by Gasteiger charge is -2.08. The number of pyridine rings is 1. The lowest BCUT2D eigenvalue weighted by molar-refractivity contribution is 0.102. The highest BCUT2D eigenvalue weighted by Gasteiger charge is 2.15. The van der Waals surface area contributed by atoms with E-state index in [2.05, 4.69) is 36.4 Å². The monoisotopic (exact) mass is 416 g/mol. The van der Waals surface area contributed by atoms with E-state index in [9.17, 15) is 4.79 Å². The van der Waals surface area contributed by atoms with Crippen molar-refractivity contribution in [2.45, 2.75) is 26.7 Å². The van der Waals surface area contributed by atoms with Gasteiger partial charge in [-0.1, -0.05) is 53.2 Å². The molecule has 0 bridgehead atoms. The zero-order chi connectivity index (χ0) is 18.0. The molecule has 128 valence electrons. The van der Waals surface area contributed by atoms with Gasteiger partial charge in [-0.3, -0.25) is 15.1 Å². The zero-order valence-corrected chi connectivity index (χ0v) is 16.5. The van der Waals surface area contributed by atoms with Crippen molar-refractivity contribution in [3.8, 4) is 11.3 Å². The van der Waals surface area contributed by atoms with E-state index in [0.29, 0.717) is 16.4 Å². The van der Waals surface area contributed by atoms with Gasteiger partial charge in [0, 0.05) is 16.0 Å². The summed E-state index contributed by atoms with van der Waals surface area (Å²) in [5, 5.41) is 12.3. The van der Waals surface area contributed by atoms with Crippen LogP contribution < -0.4 is 5.32 Å². The lowest BCUT2D eigenvalue weighted by Crippen LogP contribution is -2.14. The minimum atomic E-state index is -0.225. The number of hydrogen-bond donors (Lipinski definition) is 1. The summed E-state index contributed by atoms with van der Waals surface area (Å²) in [6.07, 6.45) is 0. The molecule has 0 fully saturated rings. The Morgan fingerprint density at radius 3 is 2.64 bits per heavy atom. The van der Waals surface area contributed by atoms with Crippen LogP contribution in [-0.4, -0.2) is 21.1 Å². The molecule has 2 aromatic heterocycles. The third-order valence-electron chi connectivity index (χ3n) is 3.61. The van der Waals surface area contributed by atoms with Gasteiger partial charge in [-0.15, -0.1) is 10.2 Å². The summed E-state index contributed by atoms with van der Waals surface area (Å²) in [6, 6.07) is 11.5. The molecule has 0 saturated carbocycles. The summed E-state index contributed by atoms with van der Waals surface area (Å²) >= 11 is 4.85. The maximum absolute atomic E-state index is 12.5. The first kappa shape index (κ1) is 17.7. The molecule has 0 unspecified atom stereocenters. The quantitative estimate of drug-likeness (QED) is 0.645. The van der Waals surface area contributed by atoms with Crippen LogP contribution in [0.1, 0.15) is 40.8 Å². The fourth-order valence-corrected chi connectivity index (χ4v) is 3.43. The SMILES string of the molecule is Cc1nc(-c2cccc(Br)c2)ccc1C(=O)Nc1nnc(C(C)C)s1. The fourth-order valence-electron chi connectivity index (χ4n) is 2.29. The van der Waals surface area contributed by atoms with Crippen LogP contribution in [0.15, 0.2) is 40.9 Å². The van der Waals surface area contributed by atoms with E-state index in [-0.39, 0.29) is 11.8 Å². The Balaban J connectivity index is 1.81. The molecule has 25 heavy (non-hydrogen) atoms. The fraction of sp³-hybridized carbons (Fsp3) is 0.222. The van der Waals surface area contributed by atoms with E-state index in [1.54, 1.807) is 6.07 Å². The van der Waals surface area contributed by atoms with Crippen LogP contribution in [0, 0.1) is 6.92 Å². The minimum Gasteiger partial charge on any atom is -0.296 e. The molecule has 3 aromatic rings. The number of nitrogens with one attached hydrogen (secondary N) is 1. The molecule has 1 amide bonds. The molecule has 2 heterocycles. The highest BCUT2D eigenvalue weighted by atomic mass is 79.9. The summed E-state index contributed by atoms with van der Waals surface area (Å²) in [6.45, 7) is 5.91. The number of rotatable bonds is 4. The molecule has 0 saturated heterocycles. The van der Waals surface area contributed by atoms with Crippen molar-refractivity contribution in [2.75, 3.05) is 5.32 Å². The molecule has 0 atom stereocenters. The first-order chi connectivity index (χ1) is 11.9. The highest BCUT2D eigenvalue weighted by molar-refractivity contribution is 9.10. The van der Waals surface area contributed by atoms with Crippen LogP contribution in [0.25, 0.3) is 11.3 Å². The Labute approximate surface area is 158 Å². The predicted molar refractivity (Wildman–Crippen MR) is 104 cm³/mol. The van der Waals surface area contributed by atoms with Crippen molar-refractivity contribution >= 4 is 38.3 Å². The molecule has 0 aliphatic carbocycles. The summed E-state index contributed by atoms with van der Waals surface area (Å²) in [5.74, 6) is 0.0632. The van der Waals surface area contributed by atoms with E-state index in [4.69, 9.17) is 0 Å². The molecule has 0 aliphatic rings. The summed E-state index contributed by atoms with van der Waals surface area (Å²) in [7, 11) is 0. The van der Waals surface area contributed by atoms with Gasteiger partial charge < -0.3 is 0 Å². The van der Waals surface area contributed by atoms with Crippen molar-refractivity contribution in [1.29, 1.82) is 0 Å². The Bertz CT molecular complexity index is 923. The number of hydrogen-bond acceptors (Lipinski definition) is 5. The number of carbonyl (C=O) groups excluding carboxylic acids is 1. The van der Waals surface area contributed by atoms with Gasteiger partial charge in [-0.05, 0) is 31.2 Å². The van der Waals surface area contributed by atoms with Gasteiger partial charge in [-0.2, -0.15) is 0 Å². The zero-order valence-electron chi connectivity index (χ0n) is 14.1. The number of nitrogens with zero attached hydrogens (tertiary/aromatic N) is 3. The molecule has 0 aliphatic heterocycles. The van der Waals surface area contributed by atoms with Gasteiger partial charge >= 0.3 is 0 Å². The standard InChI is InChI=1S/C18H17BrN4OS/c1-10(2)17-22-23-18(25-17)21-16(24)14-7-8-15(20-11(14)3)12-5-4-6-13(19)9-12/h4-10H,1-3H3,(H,21,23,24). The average molecular weight is 417 g/mol. The van der Waals surface area contributed by atoms with Crippen molar-refractivity contribution in [1.82, 2.24) is 15.2 Å². The number of amides is 1.